The second-order valence-corrected chi connectivity index (χ2v) is 6.43. The van der Waals surface area contributed by atoms with Crippen LogP contribution < -0.4 is 9.80 Å². The molecule has 1 aliphatic heterocycles. The smallest absolute Gasteiger partial charge is 0.299 e. The van der Waals surface area contributed by atoms with E-state index in [-0.39, 0.29) is 18.5 Å². The molecule has 25 heavy (non-hydrogen) atoms. The van der Waals surface area contributed by atoms with Gasteiger partial charge in [0.15, 0.2) is 0 Å². The number of rotatable bonds is 4. The van der Waals surface area contributed by atoms with Crippen molar-refractivity contribution >= 4 is 29.0 Å². The van der Waals surface area contributed by atoms with Gasteiger partial charge in [-0.3, -0.25) is 19.3 Å². The Bertz CT molecular complexity index is 843. The van der Waals surface area contributed by atoms with Gasteiger partial charge in [0.2, 0.25) is 5.91 Å². The van der Waals surface area contributed by atoms with Gasteiger partial charge in [0, 0.05) is 11.7 Å². The van der Waals surface area contributed by atoms with Crippen molar-refractivity contribution in [3.05, 3.63) is 59.7 Å². The SMILES string of the molecule is Cc1ccc2c(c1)C(=O)C(=O)N2CC(=O)N(c1ccccc1)C(C)C. The summed E-state index contributed by atoms with van der Waals surface area (Å²) in [6, 6.07) is 14.5. The minimum atomic E-state index is -0.647. The van der Waals surface area contributed by atoms with Gasteiger partial charge in [0.1, 0.15) is 6.54 Å². The monoisotopic (exact) mass is 336 g/mol. The van der Waals surface area contributed by atoms with Crippen molar-refractivity contribution in [1.29, 1.82) is 0 Å². The highest BCUT2D eigenvalue weighted by Crippen LogP contribution is 2.30. The van der Waals surface area contributed by atoms with Crippen LogP contribution in [0, 0.1) is 6.92 Å². The molecule has 0 atom stereocenters. The summed E-state index contributed by atoms with van der Waals surface area (Å²) in [4.78, 5) is 40.4. The fraction of sp³-hybridized carbons (Fsp3) is 0.250. The number of Topliss-reactive ketones (excluding diaryl/α,β-unsaturated/α-hetero) is 1. The molecule has 2 amide bonds. The maximum absolute atomic E-state index is 12.9. The van der Waals surface area contributed by atoms with E-state index in [4.69, 9.17) is 0 Å². The summed E-state index contributed by atoms with van der Waals surface area (Å²) < 4.78 is 0. The van der Waals surface area contributed by atoms with Crippen LogP contribution in [0.15, 0.2) is 48.5 Å². The van der Waals surface area contributed by atoms with Gasteiger partial charge in [-0.2, -0.15) is 0 Å². The number of benzene rings is 2. The van der Waals surface area contributed by atoms with E-state index < -0.39 is 11.7 Å². The first-order chi connectivity index (χ1) is 11.9. The molecule has 128 valence electrons. The number of hydrogen-bond donors (Lipinski definition) is 0. The van der Waals surface area contributed by atoms with Crippen LogP contribution in [-0.2, 0) is 9.59 Å². The van der Waals surface area contributed by atoms with E-state index in [1.807, 2.05) is 57.2 Å². The third-order valence-electron chi connectivity index (χ3n) is 4.24. The van der Waals surface area contributed by atoms with Crippen molar-refractivity contribution in [2.75, 3.05) is 16.3 Å². The number of carbonyl (C=O) groups excluding carboxylic acids is 3. The number of carbonyl (C=O) groups is 3. The van der Waals surface area contributed by atoms with Crippen molar-refractivity contribution in [2.24, 2.45) is 0 Å². The molecule has 0 spiro atoms. The maximum Gasteiger partial charge on any atom is 0.299 e. The summed E-state index contributed by atoms with van der Waals surface area (Å²) in [6.07, 6.45) is 0. The quantitative estimate of drug-likeness (QED) is 0.807. The third kappa shape index (κ3) is 3.05. The molecular weight excluding hydrogens is 316 g/mol. The summed E-state index contributed by atoms with van der Waals surface area (Å²) in [7, 11) is 0. The normalized spacial score (nSPS) is 13.4. The van der Waals surface area contributed by atoms with Gasteiger partial charge in [-0.15, -0.1) is 0 Å². The molecule has 0 unspecified atom stereocenters. The van der Waals surface area contributed by atoms with Crippen LogP contribution >= 0.6 is 0 Å². The second kappa shape index (κ2) is 6.51. The van der Waals surface area contributed by atoms with E-state index in [1.54, 1.807) is 17.0 Å². The molecule has 1 heterocycles. The van der Waals surface area contributed by atoms with Crippen LogP contribution in [0.5, 0.6) is 0 Å². The number of fused-ring (bicyclic) bond motifs is 1. The Morgan fingerprint density at radius 2 is 1.76 bits per heavy atom. The van der Waals surface area contributed by atoms with Crippen LogP contribution in [0.25, 0.3) is 0 Å². The summed E-state index contributed by atoms with van der Waals surface area (Å²) in [5, 5.41) is 0. The molecule has 0 saturated heterocycles. The number of para-hydroxylation sites is 1. The van der Waals surface area contributed by atoms with E-state index in [0.29, 0.717) is 11.3 Å². The molecule has 0 N–H and O–H groups in total. The van der Waals surface area contributed by atoms with Crippen LogP contribution in [0.1, 0.15) is 29.8 Å². The Morgan fingerprint density at radius 3 is 2.40 bits per heavy atom. The summed E-state index contributed by atoms with van der Waals surface area (Å²) in [6.45, 7) is 5.54. The average molecular weight is 336 g/mol. The van der Waals surface area contributed by atoms with Crippen molar-refractivity contribution in [2.45, 2.75) is 26.8 Å². The van der Waals surface area contributed by atoms with Crippen LogP contribution in [0.2, 0.25) is 0 Å². The largest absolute Gasteiger partial charge is 0.308 e. The number of anilines is 2. The van der Waals surface area contributed by atoms with E-state index in [0.717, 1.165) is 11.3 Å². The molecule has 2 aromatic rings. The Labute approximate surface area is 146 Å². The molecule has 2 aromatic carbocycles. The average Bonchev–Trinajstić information content (AvgIpc) is 2.80. The highest BCUT2D eigenvalue weighted by atomic mass is 16.2. The van der Waals surface area contributed by atoms with Crippen LogP contribution in [0.3, 0.4) is 0 Å². The second-order valence-electron chi connectivity index (χ2n) is 6.43. The highest BCUT2D eigenvalue weighted by molar-refractivity contribution is 6.52. The van der Waals surface area contributed by atoms with Crippen molar-refractivity contribution in [3.63, 3.8) is 0 Å². The highest BCUT2D eigenvalue weighted by Gasteiger charge is 2.37. The lowest BCUT2D eigenvalue weighted by atomic mass is 10.1. The summed E-state index contributed by atoms with van der Waals surface area (Å²) in [5.41, 5.74) is 2.55. The Kier molecular flexibility index (Phi) is 4.40. The molecule has 0 aliphatic carbocycles. The molecule has 0 radical (unpaired) electrons. The molecule has 5 nitrogen and oxygen atoms in total. The van der Waals surface area contributed by atoms with E-state index >= 15 is 0 Å². The zero-order chi connectivity index (χ0) is 18.1. The standard InChI is InChI=1S/C20H20N2O3/c1-13(2)22(15-7-5-4-6-8-15)18(23)12-21-17-10-9-14(3)11-16(17)19(24)20(21)25/h4-11,13H,12H2,1-3H3. The molecular formula is C20H20N2O3. The Morgan fingerprint density at radius 1 is 1.08 bits per heavy atom. The molecule has 0 fully saturated rings. The molecule has 0 saturated carbocycles. The van der Waals surface area contributed by atoms with Gasteiger partial charge in [0.05, 0.1) is 11.3 Å². The van der Waals surface area contributed by atoms with Gasteiger partial charge >= 0.3 is 0 Å². The van der Waals surface area contributed by atoms with Crippen molar-refractivity contribution in [1.82, 2.24) is 0 Å². The van der Waals surface area contributed by atoms with E-state index in [2.05, 4.69) is 0 Å². The number of amides is 2. The number of ketones is 1. The summed E-state index contributed by atoms with van der Waals surface area (Å²) in [5.74, 6) is -1.43. The molecule has 0 bridgehead atoms. The van der Waals surface area contributed by atoms with Gasteiger partial charge < -0.3 is 4.90 Å². The minimum Gasteiger partial charge on any atom is -0.308 e. The van der Waals surface area contributed by atoms with Crippen molar-refractivity contribution in [3.8, 4) is 0 Å². The lowest BCUT2D eigenvalue weighted by Crippen LogP contribution is -2.45. The third-order valence-corrected chi connectivity index (χ3v) is 4.24. The lowest BCUT2D eigenvalue weighted by Gasteiger charge is -2.29. The number of aryl methyl sites for hydroxylation is 1. The predicted octanol–water partition coefficient (Wildman–Crippen LogP) is 2.97. The predicted molar refractivity (Wildman–Crippen MR) is 96.9 cm³/mol. The molecule has 3 rings (SSSR count). The minimum absolute atomic E-state index is 0.0687. The first kappa shape index (κ1) is 16.9. The van der Waals surface area contributed by atoms with Crippen LogP contribution in [0.4, 0.5) is 11.4 Å². The fourth-order valence-electron chi connectivity index (χ4n) is 3.10. The molecule has 1 aliphatic rings. The van der Waals surface area contributed by atoms with Gasteiger partial charge in [-0.05, 0) is 45.0 Å². The maximum atomic E-state index is 12.9. The van der Waals surface area contributed by atoms with Gasteiger partial charge in [0.25, 0.3) is 11.7 Å². The van der Waals surface area contributed by atoms with E-state index in [9.17, 15) is 14.4 Å². The Balaban J connectivity index is 1.90. The summed E-state index contributed by atoms with van der Waals surface area (Å²) >= 11 is 0. The first-order valence-electron chi connectivity index (χ1n) is 8.24. The zero-order valence-corrected chi connectivity index (χ0v) is 14.5. The van der Waals surface area contributed by atoms with Crippen LogP contribution in [-0.4, -0.2) is 30.2 Å². The lowest BCUT2D eigenvalue weighted by molar-refractivity contribution is -0.120. The van der Waals surface area contributed by atoms with Crippen molar-refractivity contribution < 1.29 is 14.4 Å². The van der Waals surface area contributed by atoms with Gasteiger partial charge in [-0.1, -0.05) is 29.8 Å². The van der Waals surface area contributed by atoms with Gasteiger partial charge in [-0.25, -0.2) is 0 Å². The molecule has 5 heteroatoms. The Hall–Kier alpha value is -2.95. The molecule has 0 aromatic heterocycles. The fourth-order valence-corrected chi connectivity index (χ4v) is 3.10. The van der Waals surface area contributed by atoms with E-state index in [1.165, 1.54) is 4.90 Å². The zero-order valence-electron chi connectivity index (χ0n) is 14.5. The first-order valence-corrected chi connectivity index (χ1v) is 8.24. The topological polar surface area (TPSA) is 57.7 Å². The number of hydrogen-bond acceptors (Lipinski definition) is 3. The number of nitrogens with zero attached hydrogens (tertiary/aromatic N) is 2.